The summed E-state index contributed by atoms with van der Waals surface area (Å²) in [6, 6.07) is 39.1. The third-order valence-corrected chi connectivity index (χ3v) is 7.96. The second kappa shape index (κ2) is 15.0. The van der Waals surface area contributed by atoms with Gasteiger partial charge in [-0.25, -0.2) is 19.2 Å². The third-order valence-electron chi connectivity index (χ3n) is 7.96. The van der Waals surface area contributed by atoms with Gasteiger partial charge >= 0.3 is 23.9 Å². The van der Waals surface area contributed by atoms with Crippen molar-refractivity contribution in [2.75, 3.05) is 0 Å². The predicted molar refractivity (Wildman–Crippen MR) is 193 cm³/mol. The fourth-order valence-corrected chi connectivity index (χ4v) is 5.23. The summed E-state index contributed by atoms with van der Waals surface area (Å²) in [5, 5.41) is 39.8. The molecule has 0 amide bonds. The maximum Gasteiger partial charge on any atom is 0.343 e. The Morgan fingerprint density at radius 1 is 0.365 bits per heavy atom. The lowest BCUT2D eigenvalue weighted by Crippen LogP contribution is -2.08. The van der Waals surface area contributed by atoms with Gasteiger partial charge < -0.3 is 29.9 Å². The van der Waals surface area contributed by atoms with Gasteiger partial charge in [0, 0.05) is 0 Å². The second-order valence-electron chi connectivity index (χ2n) is 11.5. The number of phenols is 2. The Morgan fingerprint density at radius 3 is 1.19 bits per heavy atom. The number of phenolic OH excluding ortho intramolecular Hbond substituents is 2. The summed E-state index contributed by atoms with van der Waals surface area (Å²) in [6.07, 6.45) is 0. The van der Waals surface area contributed by atoms with Gasteiger partial charge in [0.1, 0.15) is 23.0 Å². The largest absolute Gasteiger partial charge is 0.508 e. The van der Waals surface area contributed by atoms with Crippen molar-refractivity contribution in [1.29, 1.82) is 0 Å². The minimum absolute atomic E-state index is 0.121. The Labute approximate surface area is 296 Å². The van der Waals surface area contributed by atoms with E-state index in [-0.39, 0.29) is 28.4 Å². The minimum Gasteiger partial charge on any atom is -0.508 e. The molecule has 7 aromatic carbocycles. The number of aromatic carboxylic acids is 2. The lowest BCUT2D eigenvalue weighted by molar-refractivity contribution is 0.0686. The van der Waals surface area contributed by atoms with Gasteiger partial charge in [-0.15, -0.1) is 0 Å². The standard InChI is InChI=1S/C24H16O5.C18H12O5/c25-21-9-5-15(6-10-21)16-7-11-22(12-8-16)29-24(28)20-4-2-17-13-19(23(26)27)3-1-18(17)14-20;19-15-6-3-12-9-14(2-1-13(12)10-15)18(22)23-16-7-4-11(5-8-16)17(20)21/h1-14,25H,(H,26,27);1-10,19H,(H,20,21). The van der Waals surface area contributed by atoms with E-state index in [1.54, 1.807) is 103 Å². The molecule has 7 aromatic rings. The van der Waals surface area contributed by atoms with Crippen LogP contribution in [0.5, 0.6) is 23.0 Å². The van der Waals surface area contributed by atoms with Crippen LogP contribution in [0.4, 0.5) is 0 Å². The van der Waals surface area contributed by atoms with Crippen LogP contribution in [0.15, 0.2) is 146 Å². The highest BCUT2D eigenvalue weighted by Gasteiger charge is 2.13. The summed E-state index contributed by atoms with van der Waals surface area (Å²) in [6.45, 7) is 0. The zero-order valence-electron chi connectivity index (χ0n) is 27.1. The molecule has 0 saturated heterocycles. The van der Waals surface area contributed by atoms with Crippen molar-refractivity contribution in [3.05, 3.63) is 168 Å². The number of fused-ring (bicyclic) bond motifs is 2. The first-order valence-electron chi connectivity index (χ1n) is 15.7. The normalized spacial score (nSPS) is 10.5. The Bertz CT molecular complexity index is 2450. The monoisotopic (exact) mass is 692 g/mol. The zero-order valence-corrected chi connectivity index (χ0v) is 27.1. The molecule has 0 unspecified atom stereocenters. The molecule has 0 saturated carbocycles. The molecule has 256 valence electrons. The van der Waals surface area contributed by atoms with Gasteiger partial charge in [0.25, 0.3) is 0 Å². The van der Waals surface area contributed by atoms with Crippen LogP contribution in [-0.4, -0.2) is 44.3 Å². The minimum atomic E-state index is -1.04. The summed E-state index contributed by atoms with van der Waals surface area (Å²) in [5.74, 6) is -2.02. The van der Waals surface area contributed by atoms with Crippen LogP contribution < -0.4 is 9.47 Å². The van der Waals surface area contributed by atoms with Gasteiger partial charge in [0.2, 0.25) is 0 Å². The van der Waals surface area contributed by atoms with E-state index in [0.29, 0.717) is 16.9 Å². The van der Waals surface area contributed by atoms with Crippen LogP contribution >= 0.6 is 0 Å². The Balaban J connectivity index is 0.000000183. The van der Waals surface area contributed by atoms with Crippen molar-refractivity contribution in [2.45, 2.75) is 0 Å². The first kappa shape index (κ1) is 34.4. The average Bonchev–Trinajstić information content (AvgIpc) is 3.15. The SMILES string of the molecule is O=C(O)c1ccc(OC(=O)c2ccc3cc(O)ccc3c2)cc1.O=C(O)c1ccc2cc(C(=O)Oc3ccc(-c4ccc(O)cc4)cc3)ccc2c1. The fourth-order valence-electron chi connectivity index (χ4n) is 5.23. The van der Waals surface area contributed by atoms with Crippen LogP contribution in [0.3, 0.4) is 0 Å². The van der Waals surface area contributed by atoms with Crippen molar-refractivity contribution in [1.82, 2.24) is 0 Å². The van der Waals surface area contributed by atoms with Gasteiger partial charge in [-0.05, 0) is 130 Å². The third kappa shape index (κ3) is 8.21. The highest BCUT2D eigenvalue weighted by Crippen LogP contribution is 2.26. The topological polar surface area (TPSA) is 168 Å². The molecule has 0 aliphatic rings. The van der Waals surface area contributed by atoms with Gasteiger partial charge in [0.15, 0.2) is 0 Å². The summed E-state index contributed by atoms with van der Waals surface area (Å²) in [4.78, 5) is 46.5. The summed E-state index contributed by atoms with van der Waals surface area (Å²) < 4.78 is 10.7. The van der Waals surface area contributed by atoms with Crippen molar-refractivity contribution in [3.63, 3.8) is 0 Å². The maximum absolute atomic E-state index is 12.5. The summed E-state index contributed by atoms with van der Waals surface area (Å²) >= 11 is 0. The molecule has 0 atom stereocenters. The highest BCUT2D eigenvalue weighted by molar-refractivity contribution is 5.99. The van der Waals surface area contributed by atoms with E-state index in [1.807, 2.05) is 12.1 Å². The molecular weight excluding hydrogens is 664 g/mol. The molecule has 0 aliphatic carbocycles. The molecule has 0 bridgehead atoms. The van der Waals surface area contributed by atoms with E-state index >= 15 is 0 Å². The number of aromatic hydroxyl groups is 2. The number of esters is 2. The molecule has 0 heterocycles. The van der Waals surface area contributed by atoms with Crippen molar-refractivity contribution in [2.24, 2.45) is 0 Å². The van der Waals surface area contributed by atoms with Gasteiger partial charge in [-0.1, -0.05) is 48.5 Å². The van der Waals surface area contributed by atoms with Crippen LogP contribution in [0, 0.1) is 0 Å². The number of carboxylic acid groups (broad SMARTS) is 2. The smallest absolute Gasteiger partial charge is 0.343 e. The zero-order chi connectivity index (χ0) is 36.8. The lowest BCUT2D eigenvalue weighted by atomic mass is 10.0. The number of carbonyl (C=O) groups excluding carboxylic acids is 2. The van der Waals surface area contributed by atoms with Crippen LogP contribution in [0.1, 0.15) is 41.4 Å². The lowest BCUT2D eigenvalue weighted by Gasteiger charge is -2.07. The van der Waals surface area contributed by atoms with Crippen LogP contribution in [-0.2, 0) is 0 Å². The number of hydrogen-bond donors (Lipinski definition) is 4. The number of carboxylic acids is 2. The molecule has 10 heteroatoms. The molecule has 52 heavy (non-hydrogen) atoms. The van der Waals surface area contributed by atoms with E-state index in [2.05, 4.69) is 0 Å². The molecule has 0 radical (unpaired) electrons. The highest BCUT2D eigenvalue weighted by atomic mass is 16.5. The van der Waals surface area contributed by atoms with Crippen molar-refractivity contribution >= 4 is 45.4 Å². The maximum atomic E-state index is 12.5. The van der Waals surface area contributed by atoms with Crippen molar-refractivity contribution in [3.8, 4) is 34.1 Å². The van der Waals surface area contributed by atoms with Gasteiger partial charge in [0.05, 0.1) is 22.3 Å². The molecule has 0 aliphatic heterocycles. The second-order valence-corrected chi connectivity index (χ2v) is 11.5. The average molecular weight is 693 g/mol. The quantitative estimate of drug-likeness (QED) is 0.0938. The molecule has 0 spiro atoms. The van der Waals surface area contributed by atoms with E-state index in [9.17, 15) is 29.4 Å². The van der Waals surface area contributed by atoms with E-state index in [0.717, 1.165) is 32.7 Å². The first-order chi connectivity index (χ1) is 25.0. The number of ether oxygens (including phenoxy) is 2. The van der Waals surface area contributed by atoms with Crippen LogP contribution in [0.25, 0.3) is 32.7 Å². The molecular formula is C42H28O10. The van der Waals surface area contributed by atoms with E-state index in [1.165, 1.54) is 30.3 Å². The Hall–Kier alpha value is -7.46. The summed E-state index contributed by atoms with van der Waals surface area (Å²) in [5.41, 5.74) is 2.94. The number of rotatable bonds is 7. The van der Waals surface area contributed by atoms with Crippen molar-refractivity contribution < 1.29 is 49.1 Å². The predicted octanol–water partition coefficient (Wildman–Crippen LogP) is 8.59. The Morgan fingerprint density at radius 2 is 0.712 bits per heavy atom. The van der Waals surface area contributed by atoms with E-state index < -0.39 is 23.9 Å². The molecule has 10 nitrogen and oxygen atoms in total. The van der Waals surface area contributed by atoms with Crippen LogP contribution in [0.2, 0.25) is 0 Å². The number of hydrogen-bond acceptors (Lipinski definition) is 8. The first-order valence-corrected chi connectivity index (χ1v) is 15.7. The molecule has 0 aromatic heterocycles. The molecule has 0 fully saturated rings. The number of benzene rings is 7. The molecule has 4 N–H and O–H groups in total. The summed E-state index contributed by atoms with van der Waals surface area (Å²) in [7, 11) is 0. The molecule has 7 rings (SSSR count). The van der Waals surface area contributed by atoms with Gasteiger partial charge in [-0.2, -0.15) is 0 Å². The van der Waals surface area contributed by atoms with E-state index in [4.69, 9.17) is 19.7 Å². The Kier molecular flexibility index (Phi) is 9.91. The fraction of sp³-hybridized carbons (Fsp3) is 0. The van der Waals surface area contributed by atoms with Gasteiger partial charge in [-0.3, -0.25) is 0 Å². The number of carbonyl (C=O) groups is 4.